The van der Waals surface area contributed by atoms with Crippen LogP contribution in [0, 0.1) is 0 Å². The molecule has 0 unspecified atom stereocenters. The predicted molar refractivity (Wildman–Crippen MR) is 113 cm³/mol. The first-order chi connectivity index (χ1) is 14.5. The number of ether oxygens (including phenoxy) is 2. The molecular formula is C22H38N2O6. The second-order valence-electron chi connectivity index (χ2n) is 7.75. The van der Waals surface area contributed by atoms with E-state index in [-0.39, 0.29) is 36.6 Å². The second kappa shape index (κ2) is 15.7. The average Bonchev–Trinajstić information content (AvgIpc) is 2.72. The monoisotopic (exact) mass is 426 g/mol. The Balaban J connectivity index is 2.30. The van der Waals surface area contributed by atoms with E-state index in [1.807, 2.05) is 13.8 Å². The highest BCUT2D eigenvalue weighted by Crippen LogP contribution is 2.25. The molecule has 0 spiro atoms. The maximum atomic E-state index is 12.1. The molecule has 0 aromatic heterocycles. The van der Waals surface area contributed by atoms with Gasteiger partial charge in [0, 0.05) is 38.8 Å². The van der Waals surface area contributed by atoms with Gasteiger partial charge in [-0.2, -0.15) is 0 Å². The third-order valence-electron chi connectivity index (χ3n) is 4.92. The molecule has 0 aromatic rings. The van der Waals surface area contributed by atoms with Crippen molar-refractivity contribution in [3.8, 4) is 0 Å². The van der Waals surface area contributed by atoms with Crippen LogP contribution in [0.25, 0.3) is 0 Å². The lowest BCUT2D eigenvalue weighted by Gasteiger charge is -2.30. The minimum absolute atomic E-state index is 0.0579. The Bertz CT molecular complexity index is 504. The molecule has 1 aliphatic carbocycles. The van der Waals surface area contributed by atoms with E-state index in [4.69, 9.17) is 9.47 Å². The third-order valence-corrected chi connectivity index (χ3v) is 4.92. The predicted octanol–water partition coefficient (Wildman–Crippen LogP) is 2.78. The largest absolute Gasteiger partial charge is 0.458 e. The van der Waals surface area contributed by atoms with Gasteiger partial charge in [-0.15, -0.1) is 0 Å². The Morgan fingerprint density at radius 1 is 0.700 bits per heavy atom. The molecule has 172 valence electrons. The molecule has 1 saturated carbocycles. The molecule has 0 saturated heterocycles. The van der Waals surface area contributed by atoms with Gasteiger partial charge < -0.3 is 20.1 Å². The topological polar surface area (TPSA) is 111 Å². The molecule has 0 radical (unpaired) electrons. The summed E-state index contributed by atoms with van der Waals surface area (Å²) in [5, 5.41) is 5.55. The molecule has 2 amide bonds. The van der Waals surface area contributed by atoms with E-state index in [1.165, 1.54) is 0 Å². The number of carbonyl (C=O) groups is 4. The van der Waals surface area contributed by atoms with Gasteiger partial charge in [0.1, 0.15) is 12.2 Å². The number of hydrogen-bond donors (Lipinski definition) is 2. The van der Waals surface area contributed by atoms with E-state index in [1.54, 1.807) is 0 Å². The van der Waals surface area contributed by atoms with Crippen LogP contribution in [-0.4, -0.2) is 49.1 Å². The van der Waals surface area contributed by atoms with Gasteiger partial charge in [-0.3, -0.25) is 19.2 Å². The molecule has 1 rings (SSSR count). The summed E-state index contributed by atoms with van der Waals surface area (Å²) in [4.78, 5) is 47.4. The van der Waals surface area contributed by atoms with Crippen LogP contribution in [0.3, 0.4) is 0 Å². The van der Waals surface area contributed by atoms with Crippen LogP contribution in [0.2, 0.25) is 0 Å². The zero-order chi connectivity index (χ0) is 22.2. The van der Waals surface area contributed by atoms with Crippen LogP contribution < -0.4 is 10.6 Å². The fraction of sp³-hybridized carbons (Fsp3) is 0.818. The summed E-state index contributed by atoms with van der Waals surface area (Å²) in [6, 6.07) is 0. The highest BCUT2D eigenvalue weighted by atomic mass is 16.6. The highest BCUT2D eigenvalue weighted by Gasteiger charge is 2.31. The number of nitrogens with one attached hydrogen (secondary N) is 2. The quantitative estimate of drug-likeness (QED) is 0.413. The van der Waals surface area contributed by atoms with E-state index < -0.39 is 12.2 Å². The normalized spacial score (nSPS) is 18.3. The van der Waals surface area contributed by atoms with Crippen molar-refractivity contribution in [1.82, 2.24) is 10.6 Å². The molecule has 0 aliphatic heterocycles. The van der Waals surface area contributed by atoms with Crippen LogP contribution in [-0.2, 0) is 28.7 Å². The Labute approximate surface area is 179 Å². The number of carbonyl (C=O) groups excluding carboxylic acids is 4. The second-order valence-corrected chi connectivity index (χ2v) is 7.75. The van der Waals surface area contributed by atoms with Crippen LogP contribution >= 0.6 is 0 Å². The van der Waals surface area contributed by atoms with Crippen molar-refractivity contribution in [2.24, 2.45) is 0 Å². The minimum Gasteiger partial charge on any atom is -0.458 e. The smallest absolute Gasteiger partial charge is 0.306 e. The van der Waals surface area contributed by atoms with Crippen molar-refractivity contribution in [2.75, 3.05) is 13.1 Å². The van der Waals surface area contributed by atoms with Crippen molar-refractivity contribution in [3.63, 3.8) is 0 Å². The summed E-state index contributed by atoms with van der Waals surface area (Å²) in [5.74, 6) is -0.840. The zero-order valence-electron chi connectivity index (χ0n) is 18.5. The lowest BCUT2D eigenvalue weighted by molar-refractivity contribution is -0.171. The lowest BCUT2D eigenvalue weighted by atomic mass is 9.94. The minimum atomic E-state index is -0.433. The fourth-order valence-electron chi connectivity index (χ4n) is 3.28. The van der Waals surface area contributed by atoms with Crippen molar-refractivity contribution >= 4 is 23.8 Å². The first-order valence-electron chi connectivity index (χ1n) is 11.4. The number of hydrogen-bond acceptors (Lipinski definition) is 6. The standard InChI is InChI=1S/C22H38N2O6/c1-3-15-23-19(25)11-7-13-21(27)29-17-9-5-6-10-18(17)30-22(28)14-8-12-20(26)24-16-4-2/h17-18H,3-16H2,1-2H3,(H,23,25)(H,24,26)/t17-,18+. The average molecular weight is 427 g/mol. The van der Waals surface area contributed by atoms with Gasteiger partial charge in [-0.25, -0.2) is 0 Å². The van der Waals surface area contributed by atoms with Crippen LogP contribution in [0.1, 0.15) is 90.9 Å². The number of esters is 2. The summed E-state index contributed by atoms with van der Waals surface area (Å²) in [6.07, 6.45) is 5.86. The molecule has 2 atom stereocenters. The van der Waals surface area contributed by atoms with Gasteiger partial charge in [0.2, 0.25) is 11.8 Å². The Morgan fingerprint density at radius 3 is 1.47 bits per heavy atom. The summed E-state index contributed by atoms with van der Waals surface area (Å²) in [6.45, 7) is 5.24. The maximum absolute atomic E-state index is 12.1. The van der Waals surface area contributed by atoms with Crippen LogP contribution in [0.4, 0.5) is 0 Å². The summed E-state index contributed by atoms with van der Waals surface area (Å²) in [7, 11) is 0. The Kier molecular flexibility index (Phi) is 13.5. The van der Waals surface area contributed by atoms with Gasteiger partial charge in [-0.05, 0) is 51.4 Å². The lowest BCUT2D eigenvalue weighted by Crippen LogP contribution is -2.38. The highest BCUT2D eigenvalue weighted by molar-refractivity contribution is 5.77. The van der Waals surface area contributed by atoms with Gasteiger partial charge >= 0.3 is 11.9 Å². The van der Waals surface area contributed by atoms with Crippen LogP contribution in [0.5, 0.6) is 0 Å². The fourth-order valence-corrected chi connectivity index (χ4v) is 3.28. The molecule has 8 heteroatoms. The van der Waals surface area contributed by atoms with Crippen molar-refractivity contribution in [2.45, 2.75) is 103 Å². The van der Waals surface area contributed by atoms with E-state index in [0.29, 0.717) is 51.6 Å². The molecule has 2 N–H and O–H groups in total. The molecule has 0 aromatic carbocycles. The van der Waals surface area contributed by atoms with Crippen molar-refractivity contribution in [1.29, 1.82) is 0 Å². The molecule has 1 fully saturated rings. The van der Waals surface area contributed by atoms with Gasteiger partial charge in [0.15, 0.2) is 0 Å². The Hall–Kier alpha value is -2.12. The van der Waals surface area contributed by atoms with Crippen LogP contribution in [0.15, 0.2) is 0 Å². The van der Waals surface area contributed by atoms with E-state index >= 15 is 0 Å². The molecule has 8 nitrogen and oxygen atoms in total. The van der Waals surface area contributed by atoms with Crippen molar-refractivity contribution in [3.05, 3.63) is 0 Å². The molecular weight excluding hydrogens is 388 g/mol. The third kappa shape index (κ3) is 11.8. The SMILES string of the molecule is CCCNC(=O)CCCC(=O)O[C@H]1CCCC[C@H]1OC(=O)CCCC(=O)NCCC. The van der Waals surface area contributed by atoms with Gasteiger partial charge in [0.05, 0.1) is 0 Å². The number of amides is 2. The van der Waals surface area contributed by atoms with E-state index in [2.05, 4.69) is 10.6 Å². The first kappa shape index (κ1) is 25.9. The molecule has 0 heterocycles. The Morgan fingerprint density at radius 2 is 1.10 bits per heavy atom. The van der Waals surface area contributed by atoms with Gasteiger partial charge in [0.25, 0.3) is 0 Å². The van der Waals surface area contributed by atoms with Crippen molar-refractivity contribution < 1.29 is 28.7 Å². The zero-order valence-corrected chi connectivity index (χ0v) is 18.5. The summed E-state index contributed by atoms with van der Waals surface area (Å²) < 4.78 is 11.1. The van der Waals surface area contributed by atoms with E-state index in [0.717, 1.165) is 25.7 Å². The summed E-state index contributed by atoms with van der Waals surface area (Å²) in [5.41, 5.74) is 0. The maximum Gasteiger partial charge on any atom is 0.306 e. The molecule has 1 aliphatic rings. The summed E-state index contributed by atoms with van der Waals surface area (Å²) >= 11 is 0. The van der Waals surface area contributed by atoms with E-state index in [9.17, 15) is 19.2 Å². The van der Waals surface area contributed by atoms with Gasteiger partial charge in [-0.1, -0.05) is 13.8 Å². The number of rotatable bonds is 14. The molecule has 30 heavy (non-hydrogen) atoms. The molecule has 0 bridgehead atoms. The first-order valence-corrected chi connectivity index (χ1v) is 11.4.